The maximum absolute atomic E-state index is 12.8. The van der Waals surface area contributed by atoms with Crippen LogP contribution in [0.4, 0.5) is 15.8 Å². The van der Waals surface area contributed by atoms with Gasteiger partial charge in [-0.1, -0.05) is 11.6 Å². The largest absolute Gasteiger partial charge is 0.495 e. The second kappa shape index (κ2) is 6.95. The van der Waals surface area contributed by atoms with Crippen LogP contribution in [0.15, 0.2) is 42.5 Å². The van der Waals surface area contributed by atoms with Crippen molar-refractivity contribution in [3.63, 3.8) is 0 Å². The molecule has 0 saturated heterocycles. The van der Waals surface area contributed by atoms with Crippen molar-refractivity contribution in [3.05, 3.63) is 53.3 Å². The molecule has 0 bridgehead atoms. The summed E-state index contributed by atoms with van der Waals surface area (Å²) in [5, 5.41) is 6.13. The molecular formula is C15H14ClFN2O2. The topological polar surface area (TPSA) is 50.4 Å². The molecule has 2 rings (SSSR count). The van der Waals surface area contributed by atoms with E-state index in [9.17, 15) is 9.18 Å². The van der Waals surface area contributed by atoms with Gasteiger partial charge < -0.3 is 15.4 Å². The van der Waals surface area contributed by atoms with E-state index in [1.54, 1.807) is 18.2 Å². The number of ether oxygens (including phenoxy) is 1. The summed E-state index contributed by atoms with van der Waals surface area (Å²) in [6.45, 7) is 0.0358. The summed E-state index contributed by atoms with van der Waals surface area (Å²) in [5.41, 5.74) is 1.15. The lowest BCUT2D eigenvalue weighted by atomic mass is 10.3. The minimum Gasteiger partial charge on any atom is -0.495 e. The molecule has 0 radical (unpaired) electrons. The first-order chi connectivity index (χ1) is 10.1. The van der Waals surface area contributed by atoms with Gasteiger partial charge in [0.2, 0.25) is 5.91 Å². The Hall–Kier alpha value is -2.27. The van der Waals surface area contributed by atoms with Crippen LogP contribution in [0.3, 0.4) is 0 Å². The number of hydrogen-bond donors (Lipinski definition) is 2. The van der Waals surface area contributed by atoms with Crippen molar-refractivity contribution < 1.29 is 13.9 Å². The molecule has 21 heavy (non-hydrogen) atoms. The van der Waals surface area contributed by atoms with Gasteiger partial charge in [-0.2, -0.15) is 0 Å². The Kier molecular flexibility index (Phi) is 5.00. The fourth-order valence-electron chi connectivity index (χ4n) is 1.73. The molecule has 0 aromatic heterocycles. The SMILES string of the molecule is COc1ccc(Cl)cc1NCC(=O)Nc1ccc(F)cc1. The van der Waals surface area contributed by atoms with Crippen LogP contribution in [-0.2, 0) is 4.79 Å². The van der Waals surface area contributed by atoms with Crippen molar-refractivity contribution in [1.29, 1.82) is 0 Å². The van der Waals surface area contributed by atoms with Gasteiger partial charge in [-0.15, -0.1) is 0 Å². The van der Waals surface area contributed by atoms with Gasteiger partial charge in [0.25, 0.3) is 0 Å². The van der Waals surface area contributed by atoms with E-state index < -0.39 is 0 Å². The second-order valence-electron chi connectivity index (χ2n) is 4.25. The maximum Gasteiger partial charge on any atom is 0.243 e. The van der Waals surface area contributed by atoms with Crippen molar-refractivity contribution in [1.82, 2.24) is 0 Å². The van der Waals surface area contributed by atoms with Crippen molar-refractivity contribution >= 4 is 28.9 Å². The molecule has 0 saturated carbocycles. The predicted molar refractivity (Wildman–Crippen MR) is 81.5 cm³/mol. The van der Waals surface area contributed by atoms with Gasteiger partial charge in [-0.3, -0.25) is 4.79 Å². The monoisotopic (exact) mass is 308 g/mol. The molecule has 6 heteroatoms. The van der Waals surface area contributed by atoms with E-state index in [2.05, 4.69) is 10.6 Å². The smallest absolute Gasteiger partial charge is 0.243 e. The Morgan fingerprint density at radius 2 is 1.95 bits per heavy atom. The minimum atomic E-state index is -0.352. The van der Waals surface area contributed by atoms with Gasteiger partial charge in [0.1, 0.15) is 11.6 Å². The van der Waals surface area contributed by atoms with Crippen LogP contribution in [0.5, 0.6) is 5.75 Å². The number of anilines is 2. The zero-order valence-corrected chi connectivity index (χ0v) is 12.1. The second-order valence-corrected chi connectivity index (χ2v) is 4.69. The third-order valence-electron chi connectivity index (χ3n) is 2.73. The molecule has 0 atom stereocenters. The Labute approximate surface area is 126 Å². The molecule has 0 unspecified atom stereocenters. The molecular weight excluding hydrogens is 295 g/mol. The number of amides is 1. The highest BCUT2D eigenvalue weighted by Gasteiger charge is 2.07. The summed E-state index contributed by atoms with van der Waals surface area (Å²) >= 11 is 5.90. The molecule has 110 valence electrons. The fraction of sp³-hybridized carbons (Fsp3) is 0.133. The zero-order chi connectivity index (χ0) is 15.2. The van der Waals surface area contributed by atoms with Crippen molar-refractivity contribution in [3.8, 4) is 5.75 Å². The summed E-state index contributed by atoms with van der Waals surface area (Å²) in [6.07, 6.45) is 0. The lowest BCUT2D eigenvalue weighted by molar-refractivity contribution is -0.114. The maximum atomic E-state index is 12.8. The summed E-state index contributed by atoms with van der Waals surface area (Å²) in [5.74, 6) is -0.0209. The third kappa shape index (κ3) is 4.36. The highest BCUT2D eigenvalue weighted by atomic mass is 35.5. The first-order valence-electron chi connectivity index (χ1n) is 6.21. The molecule has 2 aromatic rings. The van der Waals surface area contributed by atoms with E-state index in [4.69, 9.17) is 16.3 Å². The van der Waals surface area contributed by atoms with Crippen LogP contribution in [-0.4, -0.2) is 19.6 Å². The normalized spacial score (nSPS) is 10.0. The van der Waals surface area contributed by atoms with Gasteiger partial charge in [0.15, 0.2) is 0 Å². The van der Waals surface area contributed by atoms with E-state index in [1.807, 2.05) is 0 Å². The average molecular weight is 309 g/mol. The van der Waals surface area contributed by atoms with Gasteiger partial charge in [-0.25, -0.2) is 4.39 Å². The molecule has 4 nitrogen and oxygen atoms in total. The molecule has 2 N–H and O–H groups in total. The first kappa shape index (κ1) is 15.1. The van der Waals surface area contributed by atoms with Gasteiger partial charge in [0.05, 0.1) is 19.3 Å². The average Bonchev–Trinajstić information content (AvgIpc) is 2.48. The predicted octanol–water partition coefficient (Wildman–Crippen LogP) is 3.54. The van der Waals surface area contributed by atoms with Crippen LogP contribution in [0.25, 0.3) is 0 Å². The molecule has 2 aromatic carbocycles. The van der Waals surface area contributed by atoms with Crippen LogP contribution < -0.4 is 15.4 Å². The van der Waals surface area contributed by atoms with Gasteiger partial charge in [0, 0.05) is 10.7 Å². The summed E-state index contributed by atoms with van der Waals surface area (Å²) in [4.78, 5) is 11.8. The Morgan fingerprint density at radius 1 is 1.24 bits per heavy atom. The van der Waals surface area contributed by atoms with E-state index in [0.29, 0.717) is 22.1 Å². The number of carbonyl (C=O) groups excluding carboxylic acids is 1. The van der Waals surface area contributed by atoms with Crippen LogP contribution in [0, 0.1) is 5.82 Å². The minimum absolute atomic E-state index is 0.0358. The lowest BCUT2D eigenvalue weighted by Gasteiger charge is -2.11. The number of rotatable bonds is 5. The Morgan fingerprint density at radius 3 is 2.62 bits per heavy atom. The van der Waals surface area contributed by atoms with Crippen molar-refractivity contribution in [2.45, 2.75) is 0 Å². The van der Waals surface area contributed by atoms with Gasteiger partial charge >= 0.3 is 0 Å². The summed E-state index contributed by atoms with van der Waals surface area (Å²) in [6, 6.07) is 10.6. The molecule has 0 fully saturated rings. The molecule has 0 aliphatic carbocycles. The van der Waals surface area contributed by atoms with E-state index in [-0.39, 0.29) is 18.3 Å². The fourth-order valence-corrected chi connectivity index (χ4v) is 1.90. The molecule has 0 aliphatic heterocycles. The standard InChI is InChI=1S/C15H14ClFN2O2/c1-21-14-7-2-10(16)8-13(14)18-9-15(20)19-12-5-3-11(17)4-6-12/h2-8,18H,9H2,1H3,(H,19,20). The van der Waals surface area contributed by atoms with Gasteiger partial charge in [-0.05, 0) is 42.5 Å². The summed E-state index contributed by atoms with van der Waals surface area (Å²) < 4.78 is 17.9. The van der Waals surface area contributed by atoms with Crippen LogP contribution in [0.2, 0.25) is 5.02 Å². The molecule has 1 amide bonds. The van der Waals surface area contributed by atoms with Crippen LogP contribution >= 0.6 is 11.6 Å². The van der Waals surface area contributed by atoms with Crippen LogP contribution in [0.1, 0.15) is 0 Å². The first-order valence-corrected chi connectivity index (χ1v) is 6.59. The number of halogens is 2. The highest BCUT2D eigenvalue weighted by molar-refractivity contribution is 6.30. The Bertz CT molecular complexity index is 632. The number of carbonyl (C=O) groups is 1. The third-order valence-corrected chi connectivity index (χ3v) is 2.96. The number of hydrogen-bond acceptors (Lipinski definition) is 3. The zero-order valence-electron chi connectivity index (χ0n) is 11.3. The number of nitrogens with one attached hydrogen (secondary N) is 2. The van der Waals surface area contributed by atoms with E-state index in [1.165, 1.54) is 31.4 Å². The number of benzene rings is 2. The summed E-state index contributed by atoms with van der Waals surface area (Å²) in [7, 11) is 1.53. The Balaban J connectivity index is 1.95. The molecule has 0 spiro atoms. The lowest BCUT2D eigenvalue weighted by Crippen LogP contribution is -2.21. The van der Waals surface area contributed by atoms with Crippen molar-refractivity contribution in [2.24, 2.45) is 0 Å². The van der Waals surface area contributed by atoms with E-state index in [0.717, 1.165) is 0 Å². The van der Waals surface area contributed by atoms with Crippen molar-refractivity contribution in [2.75, 3.05) is 24.3 Å². The quantitative estimate of drug-likeness (QED) is 0.888. The molecule has 0 aliphatic rings. The highest BCUT2D eigenvalue weighted by Crippen LogP contribution is 2.27. The van der Waals surface area contributed by atoms with E-state index >= 15 is 0 Å². The molecule has 0 heterocycles. The number of methoxy groups -OCH3 is 1.